The molecule has 2 aliphatic rings. The molecule has 0 amide bonds. The summed E-state index contributed by atoms with van der Waals surface area (Å²) in [7, 11) is 0. The van der Waals surface area contributed by atoms with E-state index in [1.54, 1.807) is 12.1 Å². The van der Waals surface area contributed by atoms with Gasteiger partial charge in [-0.1, -0.05) is 48.5 Å². The molecular weight excluding hydrogens is 518 g/mol. The van der Waals surface area contributed by atoms with Crippen molar-refractivity contribution in [2.75, 3.05) is 0 Å². The molecule has 0 aliphatic heterocycles. The molecule has 0 radical (unpaired) electrons. The number of hydrogen-bond acceptors (Lipinski definition) is 2. The molecule has 2 N–H and O–H groups in total. The number of aryl methyl sites for hydroxylation is 2. The number of fused-ring (bicyclic) bond motifs is 4. The van der Waals surface area contributed by atoms with E-state index < -0.39 is 28.9 Å². The summed E-state index contributed by atoms with van der Waals surface area (Å²) in [5.41, 5.74) is 2.48. The molecule has 4 aromatic rings. The minimum absolute atomic E-state index is 0.0306. The van der Waals surface area contributed by atoms with Crippen LogP contribution in [0.5, 0.6) is 11.5 Å². The molecule has 0 fully saturated rings. The van der Waals surface area contributed by atoms with E-state index in [0.29, 0.717) is 59.1 Å². The summed E-state index contributed by atoms with van der Waals surface area (Å²) in [5.74, 6) is -0.0612. The molecule has 0 unspecified atom stereocenters. The first-order chi connectivity index (χ1) is 18.4. The predicted molar refractivity (Wildman–Crippen MR) is 135 cm³/mol. The normalized spacial score (nSPS) is 15.9. The Bertz CT molecular complexity index is 1460. The average molecular weight is 541 g/mol. The van der Waals surface area contributed by atoms with E-state index in [-0.39, 0.29) is 11.5 Å². The van der Waals surface area contributed by atoms with Crippen LogP contribution in [0.15, 0.2) is 72.8 Å². The van der Waals surface area contributed by atoms with Crippen molar-refractivity contribution in [2.45, 2.75) is 43.5 Å². The van der Waals surface area contributed by atoms with Crippen molar-refractivity contribution in [1.29, 1.82) is 0 Å². The van der Waals surface area contributed by atoms with Gasteiger partial charge >= 0.3 is 12.4 Å². The Morgan fingerprint density at radius 2 is 0.872 bits per heavy atom. The lowest BCUT2D eigenvalue weighted by atomic mass is 9.74. The highest BCUT2D eigenvalue weighted by Crippen LogP contribution is 2.59. The van der Waals surface area contributed by atoms with E-state index in [1.165, 1.54) is 24.3 Å². The van der Waals surface area contributed by atoms with Gasteiger partial charge in [0, 0.05) is 27.7 Å². The molecule has 0 saturated carbocycles. The number of phenolic OH excluding ortho intramolecular Hbond substituents is 2. The highest BCUT2D eigenvalue weighted by molar-refractivity contribution is 5.79. The van der Waals surface area contributed by atoms with E-state index >= 15 is 0 Å². The molecule has 0 atom stereocenters. The van der Waals surface area contributed by atoms with E-state index in [9.17, 15) is 36.6 Å². The first-order valence-electron chi connectivity index (χ1n) is 12.5. The van der Waals surface area contributed by atoms with Gasteiger partial charge in [-0.25, -0.2) is 0 Å². The van der Waals surface area contributed by atoms with E-state index in [4.69, 9.17) is 0 Å². The van der Waals surface area contributed by atoms with Crippen LogP contribution in [-0.4, -0.2) is 10.2 Å². The molecule has 6 rings (SSSR count). The van der Waals surface area contributed by atoms with Crippen molar-refractivity contribution in [1.82, 2.24) is 0 Å². The van der Waals surface area contributed by atoms with Crippen molar-refractivity contribution in [2.24, 2.45) is 0 Å². The van der Waals surface area contributed by atoms with Gasteiger partial charge in [-0.3, -0.25) is 0 Å². The Morgan fingerprint density at radius 1 is 0.513 bits per heavy atom. The van der Waals surface area contributed by atoms with Crippen molar-refractivity contribution in [3.05, 3.63) is 106 Å². The first kappa shape index (κ1) is 25.3. The zero-order valence-corrected chi connectivity index (χ0v) is 20.4. The second-order valence-corrected chi connectivity index (χ2v) is 10.2. The summed E-state index contributed by atoms with van der Waals surface area (Å²) < 4.78 is 78.4. The molecule has 2 aliphatic carbocycles. The van der Waals surface area contributed by atoms with Crippen LogP contribution in [0.3, 0.4) is 0 Å². The van der Waals surface area contributed by atoms with E-state index in [1.807, 2.05) is 12.1 Å². The number of phenols is 2. The summed E-state index contributed by atoms with van der Waals surface area (Å²) in [4.78, 5) is 0. The first-order valence-corrected chi connectivity index (χ1v) is 12.5. The number of rotatable bonds is 2. The largest absolute Gasteiger partial charge is 0.507 e. The molecule has 0 saturated heterocycles. The number of alkyl halides is 6. The van der Waals surface area contributed by atoms with Crippen LogP contribution >= 0.6 is 0 Å². The lowest BCUT2D eigenvalue weighted by Crippen LogP contribution is -2.21. The van der Waals surface area contributed by atoms with Crippen LogP contribution < -0.4 is 0 Å². The maximum absolute atomic E-state index is 13.1. The lowest BCUT2D eigenvalue weighted by molar-refractivity contribution is -0.138. The second-order valence-electron chi connectivity index (χ2n) is 10.2. The summed E-state index contributed by atoms with van der Waals surface area (Å²) in [6.45, 7) is 0. The van der Waals surface area contributed by atoms with E-state index in [2.05, 4.69) is 0 Å². The van der Waals surface area contributed by atoms with Crippen molar-refractivity contribution in [3.8, 4) is 33.8 Å². The second kappa shape index (κ2) is 8.53. The van der Waals surface area contributed by atoms with Gasteiger partial charge in [-0.15, -0.1) is 0 Å². The highest BCUT2D eigenvalue weighted by atomic mass is 19.4. The number of benzene rings is 4. The Balaban J connectivity index is 1.46. The Kier molecular flexibility index (Phi) is 5.54. The molecule has 39 heavy (non-hydrogen) atoms. The smallest absolute Gasteiger partial charge is 0.416 e. The standard InChI is InChI=1S/C31H22F6O2/c32-30(33,34)21-7-1-17(2-8-21)23-11-5-19-13-15-29(25(19)27(23)38)16-14-20-6-12-24(28(39)26(20)29)18-3-9-22(10-4-18)31(35,36)37/h1-12,38-39H,13-16H2. The number of hydrogen-bond donors (Lipinski definition) is 2. The van der Waals surface area contributed by atoms with Gasteiger partial charge in [0.2, 0.25) is 0 Å². The minimum atomic E-state index is -4.47. The summed E-state index contributed by atoms with van der Waals surface area (Å²) in [6.07, 6.45) is -6.44. The van der Waals surface area contributed by atoms with Crippen LogP contribution in [0.1, 0.15) is 46.2 Å². The SMILES string of the molecule is Oc1c(-c2ccc(C(F)(F)F)cc2)ccc2c1C1(CC2)CCc2ccc(-c3ccc(C(F)(F)F)cc3)c(O)c21. The molecular formula is C31H22F6O2. The lowest BCUT2D eigenvalue weighted by Gasteiger charge is -2.29. The fourth-order valence-corrected chi connectivity index (χ4v) is 6.34. The Labute approximate surface area is 220 Å². The summed E-state index contributed by atoms with van der Waals surface area (Å²) >= 11 is 0. The molecule has 0 aromatic heterocycles. The van der Waals surface area contributed by atoms with Gasteiger partial charge in [-0.05, 0) is 72.2 Å². The Hall–Kier alpha value is -3.94. The van der Waals surface area contributed by atoms with E-state index in [0.717, 1.165) is 35.4 Å². The fourth-order valence-electron chi connectivity index (χ4n) is 6.34. The summed E-state index contributed by atoms with van der Waals surface area (Å²) in [6, 6.07) is 16.4. The Morgan fingerprint density at radius 3 is 1.21 bits per heavy atom. The zero-order valence-electron chi connectivity index (χ0n) is 20.4. The highest BCUT2D eigenvalue weighted by Gasteiger charge is 2.49. The van der Waals surface area contributed by atoms with Crippen molar-refractivity contribution < 1.29 is 36.6 Å². The van der Waals surface area contributed by atoms with Crippen molar-refractivity contribution in [3.63, 3.8) is 0 Å². The molecule has 1 spiro atoms. The number of aromatic hydroxyl groups is 2. The van der Waals surface area contributed by atoms with Crippen LogP contribution in [0.25, 0.3) is 22.3 Å². The molecule has 8 heteroatoms. The van der Waals surface area contributed by atoms with Gasteiger partial charge in [0.15, 0.2) is 0 Å². The molecule has 200 valence electrons. The van der Waals surface area contributed by atoms with Gasteiger partial charge in [-0.2, -0.15) is 26.3 Å². The molecule has 0 heterocycles. The third kappa shape index (κ3) is 3.96. The average Bonchev–Trinajstić information content (AvgIpc) is 3.46. The number of halogens is 6. The van der Waals surface area contributed by atoms with Gasteiger partial charge < -0.3 is 10.2 Å². The third-order valence-electron chi connectivity index (χ3n) is 8.17. The topological polar surface area (TPSA) is 40.5 Å². The summed E-state index contributed by atoms with van der Waals surface area (Å²) in [5, 5.41) is 23.0. The van der Waals surface area contributed by atoms with Crippen LogP contribution in [0, 0.1) is 0 Å². The third-order valence-corrected chi connectivity index (χ3v) is 8.17. The predicted octanol–water partition coefficient (Wildman–Crippen LogP) is 8.65. The fraction of sp³-hybridized carbons (Fsp3) is 0.226. The maximum atomic E-state index is 13.1. The van der Waals surface area contributed by atoms with Gasteiger partial charge in [0.25, 0.3) is 0 Å². The van der Waals surface area contributed by atoms with Crippen LogP contribution in [0.4, 0.5) is 26.3 Å². The minimum Gasteiger partial charge on any atom is -0.507 e. The quantitative estimate of drug-likeness (QED) is 0.250. The monoisotopic (exact) mass is 540 g/mol. The van der Waals surface area contributed by atoms with Crippen molar-refractivity contribution >= 4 is 0 Å². The van der Waals surface area contributed by atoms with Gasteiger partial charge in [0.05, 0.1) is 11.1 Å². The van der Waals surface area contributed by atoms with Crippen LogP contribution in [0.2, 0.25) is 0 Å². The van der Waals surface area contributed by atoms with Gasteiger partial charge in [0.1, 0.15) is 11.5 Å². The molecule has 2 nitrogen and oxygen atoms in total. The molecule has 0 bridgehead atoms. The maximum Gasteiger partial charge on any atom is 0.416 e. The van der Waals surface area contributed by atoms with Crippen LogP contribution in [-0.2, 0) is 30.6 Å². The zero-order chi connectivity index (χ0) is 27.7. The molecule has 4 aromatic carbocycles.